The second-order valence-corrected chi connectivity index (χ2v) is 14.2. The first-order valence-corrected chi connectivity index (χ1v) is 15.7. The first kappa shape index (κ1) is 32.0. The highest BCUT2D eigenvalue weighted by molar-refractivity contribution is 8.18. The third kappa shape index (κ3) is 6.01. The summed E-state index contributed by atoms with van der Waals surface area (Å²) in [6.45, 7) is 1.20. The highest BCUT2D eigenvalue weighted by Gasteiger charge is 2.54. The Morgan fingerprint density at radius 1 is 1.16 bits per heavy atom. The standard InChI is InChI=1S/C28H32ClF5N4O4S/c1-14-16(29)3-8-35-23(14)26(27(41)4-6-28(33,34)7-5-27)43-13-20(42-2)24(25(40)21(43)12-39)38-11-19(36-37-38)15-9-17(30)22(32)18(31)10-15/h3,8-11,20-21,24-26,39-41,43H,4-7,12-13H2,1-2H3/t20-,21+,24+,25-,26?/m0/s1. The normalized spacial score (nSPS) is 28.5. The lowest BCUT2D eigenvalue weighted by atomic mass is 9.79. The van der Waals surface area contributed by atoms with Gasteiger partial charge in [-0.1, -0.05) is 16.8 Å². The quantitative estimate of drug-likeness (QED) is 0.167. The molecular weight excluding hydrogens is 619 g/mol. The number of hydrogen-bond acceptors (Lipinski definition) is 7. The van der Waals surface area contributed by atoms with E-state index in [4.69, 9.17) is 16.3 Å². The zero-order valence-corrected chi connectivity index (χ0v) is 24.9. The first-order chi connectivity index (χ1) is 20.3. The van der Waals surface area contributed by atoms with Crippen LogP contribution in [-0.4, -0.2) is 83.7 Å². The maximum Gasteiger partial charge on any atom is 0.248 e. The number of methoxy groups -OCH3 is 1. The summed E-state index contributed by atoms with van der Waals surface area (Å²) in [6.07, 6.45) is -0.803. The molecule has 1 saturated carbocycles. The number of aliphatic hydroxyl groups is 3. The summed E-state index contributed by atoms with van der Waals surface area (Å²) in [5.74, 6) is -7.16. The van der Waals surface area contributed by atoms with Crippen molar-refractivity contribution in [2.75, 3.05) is 19.5 Å². The summed E-state index contributed by atoms with van der Waals surface area (Å²) < 4.78 is 76.7. The largest absolute Gasteiger partial charge is 0.395 e. The third-order valence-electron chi connectivity index (χ3n) is 8.65. The minimum atomic E-state index is -2.93. The topological polar surface area (TPSA) is 114 Å². The van der Waals surface area contributed by atoms with E-state index >= 15 is 0 Å². The summed E-state index contributed by atoms with van der Waals surface area (Å²) in [6, 6.07) is 2.19. The molecule has 1 aliphatic carbocycles. The van der Waals surface area contributed by atoms with E-state index in [1.54, 1.807) is 13.0 Å². The van der Waals surface area contributed by atoms with Gasteiger partial charge in [-0.2, -0.15) is 0 Å². The molecule has 0 radical (unpaired) electrons. The molecule has 3 heterocycles. The van der Waals surface area contributed by atoms with Gasteiger partial charge in [-0.05, 0) is 43.5 Å². The van der Waals surface area contributed by atoms with Crippen molar-refractivity contribution in [1.29, 1.82) is 0 Å². The lowest BCUT2D eigenvalue weighted by Crippen LogP contribution is -2.54. The van der Waals surface area contributed by atoms with Gasteiger partial charge in [0.05, 0.1) is 41.6 Å². The molecule has 0 bridgehead atoms. The maximum absolute atomic E-state index is 14.2. The van der Waals surface area contributed by atoms with Gasteiger partial charge in [-0.15, -0.1) is 5.10 Å². The van der Waals surface area contributed by atoms with Crippen LogP contribution in [0.15, 0.2) is 30.6 Å². The Bertz CT molecular complexity index is 1450. The number of benzene rings is 1. The molecule has 236 valence electrons. The Morgan fingerprint density at radius 2 is 1.81 bits per heavy atom. The Labute approximate surface area is 252 Å². The molecule has 1 aliphatic heterocycles. The molecular formula is C28H32ClF5N4O4S. The fraction of sp³-hybridized carbons (Fsp3) is 0.536. The van der Waals surface area contributed by atoms with Crippen LogP contribution < -0.4 is 0 Å². The van der Waals surface area contributed by atoms with Crippen LogP contribution in [0.5, 0.6) is 0 Å². The van der Waals surface area contributed by atoms with Crippen LogP contribution >= 0.6 is 22.5 Å². The Kier molecular flexibility index (Phi) is 9.09. The van der Waals surface area contributed by atoms with Gasteiger partial charge in [-0.3, -0.25) is 4.98 Å². The van der Waals surface area contributed by atoms with Crippen LogP contribution in [0.3, 0.4) is 0 Å². The van der Waals surface area contributed by atoms with Gasteiger partial charge in [-0.25, -0.2) is 37.5 Å². The van der Waals surface area contributed by atoms with Crippen molar-refractivity contribution in [2.45, 2.75) is 72.9 Å². The average molecular weight is 651 g/mol. The van der Waals surface area contributed by atoms with Crippen molar-refractivity contribution >= 4 is 22.5 Å². The number of halogens is 6. The van der Waals surface area contributed by atoms with Crippen molar-refractivity contribution < 1.29 is 42.0 Å². The third-order valence-corrected chi connectivity index (χ3v) is 12.6. The number of ether oxygens (including phenoxy) is 1. The van der Waals surface area contributed by atoms with Gasteiger partial charge in [0.15, 0.2) is 17.5 Å². The monoisotopic (exact) mass is 650 g/mol. The van der Waals surface area contributed by atoms with Crippen molar-refractivity contribution in [1.82, 2.24) is 20.0 Å². The van der Waals surface area contributed by atoms with E-state index in [0.717, 1.165) is 12.1 Å². The minimum absolute atomic E-state index is 0.00214. The Hall–Kier alpha value is -2.36. The number of aromatic nitrogens is 4. The molecule has 3 N–H and O–H groups in total. The van der Waals surface area contributed by atoms with Crippen LogP contribution in [0.2, 0.25) is 5.02 Å². The lowest BCUT2D eigenvalue weighted by molar-refractivity contribution is -0.105. The van der Waals surface area contributed by atoms with Crippen LogP contribution in [-0.2, 0) is 4.74 Å². The van der Waals surface area contributed by atoms with Crippen LogP contribution in [0.1, 0.15) is 48.2 Å². The molecule has 15 heteroatoms. The van der Waals surface area contributed by atoms with Gasteiger partial charge in [0.2, 0.25) is 5.92 Å². The molecule has 1 aromatic carbocycles. The molecule has 2 fully saturated rings. The zero-order chi connectivity index (χ0) is 31.3. The van der Waals surface area contributed by atoms with Crippen LogP contribution in [0, 0.1) is 24.4 Å². The van der Waals surface area contributed by atoms with Gasteiger partial charge < -0.3 is 20.1 Å². The predicted molar refractivity (Wildman–Crippen MR) is 151 cm³/mol. The van der Waals surface area contributed by atoms with Gasteiger partial charge in [0, 0.05) is 47.7 Å². The van der Waals surface area contributed by atoms with Crippen molar-refractivity contribution in [3.8, 4) is 11.3 Å². The number of aliphatic hydroxyl groups excluding tert-OH is 2. The van der Waals surface area contributed by atoms with E-state index in [2.05, 4.69) is 15.3 Å². The summed E-state index contributed by atoms with van der Waals surface area (Å²) in [5.41, 5.74) is -0.729. The van der Waals surface area contributed by atoms with Crippen molar-refractivity contribution in [3.05, 3.63) is 64.3 Å². The van der Waals surface area contributed by atoms with E-state index in [0.29, 0.717) is 16.3 Å². The molecule has 3 aromatic rings. The van der Waals surface area contributed by atoms with E-state index in [1.807, 2.05) is 0 Å². The highest BCUT2D eigenvalue weighted by atomic mass is 35.5. The number of thiol groups is 1. The maximum atomic E-state index is 14.2. The van der Waals surface area contributed by atoms with Crippen LogP contribution in [0.25, 0.3) is 11.3 Å². The molecule has 2 aromatic heterocycles. The Balaban J connectivity index is 1.54. The zero-order valence-electron chi connectivity index (χ0n) is 23.3. The summed E-state index contributed by atoms with van der Waals surface area (Å²) >= 11 is 6.42. The minimum Gasteiger partial charge on any atom is -0.395 e. The number of rotatable bonds is 7. The van der Waals surface area contributed by atoms with Crippen molar-refractivity contribution in [2.24, 2.45) is 0 Å². The summed E-state index contributed by atoms with van der Waals surface area (Å²) in [4.78, 5) is 4.52. The predicted octanol–water partition coefficient (Wildman–Crippen LogP) is 4.69. The second kappa shape index (κ2) is 12.2. The SMILES string of the molecule is CO[C@H]1C[SH](C(c2nccc(Cl)c2C)C2(O)CCC(F)(F)CC2)[C@H](CO)[C@H](O)[C@@H]1n1cc(-c2cc(F)c(F)c(F)c2)nn1. The lowest BCUT2D eigenvalue weighted by Gasteiger charge is -2.53. The molecule has 1 saturated heterocycles. The summed E-state index contributed by atoms with van der Waals surface area (Å²) in [5, 5.41) is 41.0. The molecule has 2 unspecified atom stereocenters. The fourth-order valence-electron chi connectivity index (χ4n) is 6.25. The average Bonchev–Trinajstić information content (AvgIpc) is 3.45. The van der Waals surface area contributed by atoms with E-state index < -0.39 is 88.1 Å². The number of pyridine rings is 1. The van der Waals surface area contributed by atoms with E-state index in [9.17, 15) is 37.3 Å². The number of hydrogen-bond donors (Lipinski definition) is 4. The fourth-order valence-corrected chi connectivity index (χ4v) is 10.3. The van der Waals surface area contributed by atoms with E-state index in [-0.39, 0.29) is 29.9 Å². The smallest absolute Gasteiger partial charge is 0.248 e. The molecule has 6 atom stereocenters. The Morgan fingerprint density at radius 3 is 2.42 bits per heavy atom. The van der Waals surface area contributed by atoms with Gasteiger partial charge in [0.25, 0.3) is 0 Å². The molecule has 43 heavy (non-hydrogen) atoms. The molecule has 5 rings (SSSR count). The molecule has 8 nitrogen and oxygen atoms in total. The first-order valence-electron chi connectivity index (χ1n) is 13.7. The highest BCUT2D eigenvalue weighted by Crippen LogP contribution is 2.61. The molecule has 2 aliphatic rings. The molecule has 0 spiro atoms. The van der Waals surface area contributed by atoms with E-state index in [1.165, 1.54) is 24.2 Å². The van der Waals surface area contributed by atoms with Gasteiger partial charge >= 0.3 is 0 Å². The van der Waals surface area contributed by atoms with Crippen LogP contribution in [0.4, 0.5) is 22.0 Å². The number of nitrogens with zero attached hydrogens (tertiary/aromatic N) is 4. The second-order valence-electron chi connectivity index (χ2n) is 11.2. The number of alkyl halides is 2. The molecule has 0 amide bonds. The summed E-state index contributed by atoms with van der Waals surface area (Å²) in [7, 11) is -0.190. The van der Waals surface area contributed by atoms with Crippen molar-refractivity contribution in [3.63, 3.8) is 0 Å². The van der Waals surface area contributed by atoms with Gasteiger partial charge in [0.1, 0.15) is 11.7 Å².